The number of rotatable bonds is 8. The molecule has 10 nitrogen and oxygen atoms in total. The number of aromatic nitrogens is 4. The molecule has 4 heterocycles. The van der Waals surface area contributed by atoms with Crippen LogP contribution in [0, 0.1) is 5.92 Å². The predicted molar refractivity (Wildman–Crippen MR) is 129 cm³/mol. The molecule has 1 aliphatic rings. The van der Waals surface area contributed by atoms with Gasteiger partial charge in [-0.15, -0.1) is 0 Å². The molecule has 0 saturated carbocycles. The van der Waals surface area contributed by atoms with E-state index in [0.29, 0.717) is 12.2 Å². The van der Waals surface area contributed by atoms with Gasteiger partial charge in [-0.2, -0.15) is 0 Å². The van der Waals surface area contributed by atoms with Crippen LogP contribution in [0.5, 0.6) is 0 Å². The number of likely N-dealkylation sites (N-methyl/N-ethyl adjacent to an activating group) is 1. The molecule has 3 amide bonds. The molecule has 0 radical (unpaired) electrons. The molecule has 4 rings (SSSR count). The zero-order valence-electron chi connectivity index (χ0n) is 19.6. The second-order valence-electron chi connectivity index (χ2n) is 8.49. The highest BCUT2D eigenvalue weighted by atomic mass is 16.2. The summed E-state index contributed by atoms with van der Waals surface area (Å²) < 4.78 is 0. The van der Waals surface area contributed by atoms with Gasteiger partial charge in [-0.05, 0) is 54.2 Å². The van der Waals surface area contributed by atoms with Crippen LogP contribution in [0.3, 0.4) is 0 Å². The van der Waals surface area contributed by atoms with Gasteiger partial charge in [-0.25, -0.2) is 15.0 Å². The van der Waals surface area contributed by atoms with Crippen molar-refractivity contribution in [2.75, 3.05) is 17.7 Å². The topological polar surface area (TPSA) is 135 Å². The van der Waals surface area contributed by atoms with Crippen LogP contribution in [-0.2, 0) is 20.8 Å². The molecule has 0 spiro atoms. The lowest BCUT2D eigenvalue weighted by molar-refractivity contribution is -0.170. The Morgan fingerprint density at radius 2 is 1.89 bits per heavy atom. The molecular weight excluding hydrogens is 446 g/mol. The zero-order valence-corrected chi connectivity index (χ0v) is 19.6. The highest BCUT2D eigenvalue weighted by Crippen LogP contribution is 2.34. The second kappa shape index (κ2) is 10.4. The number of nitrogen functional groups attached to an aromatic ring is 1. The molecule has 35 heavy (non-hydrogen) atoms. The number of anilines is 2. The van der Waals surface area contributed by atoms with Gasteiger partial charge < -0.3 is 5.73 Å². The number of amides is 3. The SMILES string of the molecule is CC[C@@H](CC(=O)N1C(=O)[C@H](Cc2ccnc(N)c2)[C@H]1C(=O)N(C)c1ncccn1)c1cccnc1. The Balaban J connectivity index is 1.59. The molecule has 0 aromatic carbocycles. The molecule has 0 bridgehead atoms. The van der Waals surface area contributed by atoms with Crippen molar-refractivity contribution in [1.29, 1.82) is 0 Å². The smallest absolute Gasteiger partial charge is 0.253 e. The molecule has 180 valence electrons. The average molecular weight is 474 g/mol. The maximum atomic E-state index is 13.5. The van der Waals surface area contributed by atoms with Gasteiger partial charge in [0.05, 0.1) is 5.92 Å². The van der Waals surface area contributed by atoms with Crippen LogP contribution in [0.1, 0.15) is 36.8 Å². The number of imide groups is 1. The van der Waals surface area contributed by atoms with E-state index in [2.05, 4.69) is 19.9 Å². The highest BCUT2D eigenvalue weighted by Gasteiger charge is 2.55. The molecule has 10 heteroatoms. The number of β-lactam (4-membered cyclic amide) rings is 1. The maximum absolute atomic E-state index is 13.5. The number of hydrogen-bond donors (Lipinski definition) is 1. The number of nitrogens with zero attached hydrogens (tertiary/aromatic N) is 6. The van der Waals surface area contributed by atoms with Crippen molar-refractivity contribution in [2.45, 2.75) is 38.1 Å². The van der Waals surface area contributed by atoms with Gasteiger partial charge in [0.1, 0.15) is 11.9 Å². The number of likely N-dealkylation sites (tertiary alicyclic amines) is 1. The van der Waals surface area contributed by atoms with Crippen LogP contribution in [0.15, 0.2) is 61.3 Å². The van der Waals surface area contributed by atoms with Gasteiger partial charge in [0.25, 0.3) is 5.91 Å². The molecule has 3 atom stereocenters. The van der Waals surface area contributed by atoms with E-state index in [0.717, 1.165) is 16.0 Å². The lowest BCUT2D eigenvalue weighted by Gasteiger charge is -2.46. The molecular formula is C25H27N7O3. The summed E-state index contributed by atoms with van der Waals surface area (Å²) in [6.45, 7) is 1.97. The van der Waals surface area contributed by atoms with E-state index in [-0.39, 0.29) is 30.6 Å². The van der Waals surface area contributed by atoms with E-state index in [1.54, 1.807) is 36.8 Å². The minimum Gasteiger partial charge on any atom is -0.384 e. The van der Waals surface area contributed by atoms with Crippen LogP contribution in [0.25, 0.3) is 0 Å². The van der Waals surface area contributed by atoms with E-state index < -0.39 is 23.8 Å². The van der Waals surface area contributed by atoms with Crippen molar-refractivity contribution < 1.29 is 14.4 Å². The summed E-state index contributed by atoms with van der Waals surface area (Å²) in [7, 11) is 1.54. The largest absolute Gasteiger partial charge is 0.384 e. The first-order valence-electron chi connectivity index (χ1n) is 11.4. The first kappa shape index (κ1) is 23.9. The first-order valence-corrected chi connectivity index (χ1v) is 11.4. The number of nitrogens with two attached hydrogens (primary N) is 1. The number of pyridine rings is 2. The van der Waals surface area contributed by atoms with Crippen molar-refractivity contribution in [3.8, 4) is 0 Å². The quantitative estimate of drug-likeness (QED) is 0.491. The Kier molecular flexibility index (Phi) is 7.09. The third kappa shape index (κ3) is 5.01. The van der Waals surface area contributed by atoms with Gasteiger partial charge in [-0.3, -0.25) is 29.2 Å². The molecule has 3 aromatic rings. The fourth-order valence-corrected chi connectivity index (χ4v) is 4.37. The van der Waals surface area contributed by atoms with Gasteiger partial charge in [-0.1, -0.05) is 13.0 Å². The highest BCUT2D eigenvalue weighted by molar-refractivity contribution is 6.12. The zero-order chi connectivity index (χ0) is 24.9. The van der Waals surface area contributed by atoms with E-state index in [9.17, 15) is 14.4 Å². The van der Waals surface area contributed by atoms with Gasteiger partial charge in [0, 0.05) is 44.5 Å². The van der Waals surface area contributed by atoms with Gasteiger partial charge in [0.2, 0.25) is 17.8 Å². The molecule has 1 saturated heterocycles. The molecule has 1 fully saturated rings. The fourth-order valence-electron chi connectivity index (χ4n) is 4.37. The average Bonchev–Trinajstić information content (AvgIpc) is 2.89. The van der Waals surface area contributed by atoms with Crippen LogP contribution in [-0.4, -0.2) is 55.6 Å². The van der Waals surface area contributed by atoms with Crippen molar-refractivity contribution >= 4 is 29.5 Å². The van der Waals surface area contributed by atoms with Gasteiger partial charge in [0.15, 0.2) is 0 Å². The molecule has 2 N–H and O–H groups in total. The molecule has 0 unspecified atom stereocenters. The number of carbonyl (C=O) groups excluding carboxylic acids is 3. The molecule has 3 aromatic heterocycles. The standard InChI is InChI=1S/C25H27N7O3/c1-3-17(18-6-4-8-27-15-18)14-21(33)32-22(24(35)31(2)25-29-9-5-10-30-25)19(23(32)34)12-16-7-11-28-20(26)13-16/h4-11,13,15,17,19,22H,3,12,14H2,1-2H3,(H2,26,28)/t17-,19+,22-/m0/s1. The maximum Gasteiger partial charge on any atom is 0.253 e. The second-order valence-corrected chi connectivity index (χ2v) is 8.49. The Hall–Kier alpha value is -4.21. The van der Waals surface area contributed by atoms with E-state index in [4.69, 9.17) is 5.73 Å². The minimum absolute atomic E-state index is 0.0954. The van der Waals surface area contributed by atoms with Crippen molar-refractivity contribution in [3.63, 3.8) is 0 Å². The fraction of sp³-hybridized carbons (Fsp3) is 0.320. The summed E-state index contributed by atoms with van der Waals surface area (Å²) in [5.74, 6) is -1.51. The third-order valence-corrected chi connectivity index (χ3v) is 6.29. The Morgan fingerprint density at radius 1 is 1.11 bits per heavy atom. The van der Waals surface area contributed by atoms with E-state index in [1.165, 1.54) is 24.3 Å². The summed E-state index contributed by atoms with van der Waals surface area (Å²) >= 11 is 0. The Bertz CT molecular complexity index is 1210. The summed E-state index contributed by atoms with van der Waals surface area (Å²) in [5, 5.41) is 0. The van der Waals surface area contributed by atoms with Crippen molar-refractivity contribution in [2.24, 2.45) is 5.92 Å². The molecule has 0 aliphatic carbocycles. The molecule has 1 aliphatic heterocycles. The lowest BCUT2D eigenvalue weighted by atomic mass is 9.80. The van der Waals surface area contributed by atoms with Crippen molar-refractivity contribution in [1.82, 2.24) is 24.8 Å². The lowest BCUT2D eigenvalue weighted by Crippen LogP contribution is -2.69. The van der Waals surface area contributed by atoms with Crippen molar-refractivity contribution in [3.05, 3.63) is 72.4 Å². The predicted octanol–water partition coefficient (Wildman–Crippen LogP) is 1.99. The van der Waals surface area contributed by atoms with Gasteiger partial charge >= 0.3 is 0 Å². The Labute approximate surface area is 203 Å². The summed E-state index contributed by atoms with van der Waals surface area (Å²) in [4.78, 5) is 58.8. The van der Waals surface area contributed by atoms with Crippen LogP contribution in [0.2, 0.25) is 0 Å². The van der Waals surface area contributed by atoms with E-state index in [1.807, 2.05) is 19.1 Å². The van der Waals surface area contributed by atoms with Crippen LogP contribution < -0.4 is 10.6 Å². The van der Waals surface area contributed by atoms with E-state index >= 15 is 0 Å². The summed E-state index contributed by atoms with van der Waals surface area (Å²) in [6, 6.07) is 7.81. The summed E-state index contributed by atoms with van der Waals surface area (Å²) in [6.07, 6.45) is 9.04. The normalized spacial score (nSPS) is 18.0. The number of hydrogen-bond acceptors (Lipinski definition) is 8. The minimum atomic E-state index is -0.968. The Morgan fingerprint density at radius 3 is 2.54 bits per heavy atom. The first-order chi connectivity index (χ1) is 16.9. The number of carbonyl (C=O) groups is 3. The van der Waals surface area contributed by atoms with Crippen LogP contribution >= 0.6 is 0 Å². The van der Waals surface area contributed by atoms with Crippen LogP contribution in [0.4, 0.5) is 11.8 Å². The third-order valence-electron chi connectivity index (χ3n) is 6.29. The summed E-state index contributed by atoms with van der Waals surface area (Å²) in [5.41, 5.74) is 7.47. The monoisotopic (exact) mass is 473 g/mol.